The number of carbonyl (C=O) groups is 1. The molecule has 0 aliphatic heterocycles. The Bertz CT molecular complexity index is 818. The molecule has 0 aliphatic carbocycles. The van der Waals surface area contributed by atoms with Crippen LogP contribution >= 0.6 is 0 Å². The summed E-state index contributed by atoms with van der Waals surface area (Å²) < 4.78 is 5.15. The molecule has 0 unspecified atom stereocenters. The molecule has 2 N–H and O–H groups in total. The molecule has 0 spiro atoms. The molecule has 0 saturated carbocycles. The summed E-state index contributed by atoms with van der Waals surface area (Å²) in [6.45, 7) is 2.35. The first-order valence-electron chi connectivity index (χ1n) is 7.26. The Morgan fingerprint density at radius 2 is 1.70 bits per heavy atom. The van der Waals surface area contributed by atoms with E-state index in [-0.39, 0.29) is 12.0 Å². The predicted molar refractivity (Wildman–Crippen MR) is 89.8 cm³/mol. The Kier molecular flexibility index (Phi) is 4.33. The number of hydrogen-bond donors (Lipinski definition) is 2. The first-order chi connectivity index (χ1) is 11.2. The van der Waals surface area contributed by atoms with Crippen molar-refractivity contribution in [3.05, 3.63) is 54.9 Å². The molecule has 1 aromatic heterocycles. The third kappa shape index (κ3) is 3.74. The number of urea groups is 1. The van der Waals surface area contributed by atoms with Gasteiger partial charge in [-0.3, -0.25) is 0 Å². The van der Waals surface area contributed by atoms with Gasteiger partial charge in [-0.1, -0.05) is 30.3 Å². The van der Waals surface area contributed by atoms with Crippen molar-refractivity contribution in [3.63, 3.8) is 0 Å². The summed E-state index contributed by atoms with van der Waals surface area (Å²) in [5, 5.41) is 7.65. The van der Waals surface area contributed by atoms with Gasteiger partial charge in [-0.25, -0.2) is 14.8 Å². The molecular weight excluding hydrogens is 292 g/mol. The molecule has 3 rings (SSSR count). The third-order valence-electron chi connectivity index (χ3n) is 3.17. The second kappa shape index (κ2) is 6.74. The van der Waals surface area contributed by atoms with E-state index in [1.807, 2.05) is 49.4 Å². The van der Waals surface area contributed by atoms with Crippen LogP contribution in [-0.4, -0.2) is 22.6 Å². The minimum absolute atomic E-state index is 0.285. The first kappa shape index (κ1) is 14.8. The van der Waals surface area contributed by atoms with E-state index < -0.39 is 0 Å². The smallest absolute Gasteiger partial charge is 0.323 e. The van der Waals surface area contributed by atoms with Crippen LogP contribution in [0.4, 0.5) is 16.2 Å². The molecule has 1 heterocycles. The number of anilines is 2. The van der Waals surface area contributed by atoms with Gasteiger partial charge in [0, 0.05) is 5.69 Å². The maximum atomic E-state index is 12.0. The Labute approximate surface area is 133 Å². The fourth-order valence-corrected chi connectivity index (χ4v) is 2.14. The van der Waals surface area contributed by atoms with Gasteiger partial charge in [0.1, 0.15) is 0 Å². The van der Waals surface area contributed by atoms with Crippen LogP contribution in [0.25, 0.3) is 10.8 Å². The fraction of sp³-hybridized carbons (Fsp3) is 0.118. The maximum Gasteiger partial charge on any atom is 0.323 e. The summed E-state index contributed by atoms with van der Waals surface area (Å²) in [6.07, 6.45) is 3.00. The number of hydrogen-bond acceptors (Lipinski definition) is 4. The van der Waals surface area contributed by atoms with Gasteiger partial charge in [0.2, 0.25) is 0 Å². The summed E-state index contributed by atoms with van der Waals surface area (Å²) in [4.78, 5) is 20.0. The lowest BCUT2D eigenvalue weighted by Gasteiger charge is -2.08. The zero-order valence-electron chi connectivity index (χ0n) is 12.6. The van der Waals surface area contributed by atoms with Crippen LogP contribution < -0.4 is 15.4 Å². The van der Waals surface area contributed by atoms with E-state index in [0.29, 0.717) is 18.0 Å². The number of benzene rings is 2. The van der Waals surface area contributed by atoms with E-state index >= 15 is 0 Å². The normalized spacial score (nSPS) is 10.3. The van der Waals surface area contributed by atoms with Crippen LogP contribution in [0.3, 0.4) is 0 Å². The van der Waals surface area contributed by atoms with E-state index in [1.165, 1.54) is 12.4 Å². The fourth-order valence-electron chi connectivity index (χ4n) is 2.14. The van der Waals surface area contributed by atoms with Gasteiger partial charge in [-0.15, -0.1) is 0 Å². The van der Waals surface area contributed by atoms with Gasteiger partial charge in [-0.2, -0.15) is 0 Å². The summed E-state index contributed by atoms with van der Waals surface area (Å²) >= 11 is 0. The standard InChI is InChI=1S/C17H16N4O2/c1-2-23-17-18-10-15(11-19-17)21-16(22)20-14-8-7-12-5-3-4-6-13(12)9-14/h3-11H,2H2,1H3,(H2,20,21,22). The Balaban J connectivity index is 1.65. The quantitative estimate of drug-likeness (QED) is 0.771. The van der Waals surface area contributed by atoms with Crippen LogP contribution in [-0.2, 0) is 0 Å². The number of nitrogens with one attached hydrogen (secondary N) is 2. The highest BCUT2D eigenvalue weighted by Gasteiger charge is 2.05. The lowest BCUT2D eigenvalue weighted by atomic mass is 10.1. The molecule has 2 aromatic carbocycles. The summed E-state index contributed by atoms with van der Waals surface area (Å²) in [6, 6.07) is 13.6. The predicted octanol–water partition coefficient (Wildman–Crippen LogP) is 3.67. The number of ether oxygens (including phenoxy) is 1. The molecule has 0 atom stereocenters. The van der Waals surface area contributed by atoms with Crippen molar-refractivity contribution in [1.29, 1.82) is 0 Å². The number of nitrogens with zero attached hydrogens (tertiary/aromatic N) is 2. The van der Waals surface area contributed by atoms with Crippen molar-refractivity contribution in [2.24, 2.45) is 0 Å². The average molecular weight is 308 g/mol. The summed E-state index contributed by atoms with van der Waals surface area (Å²) in [5.41, 5.74) is 1.21. The third-order valence-corrected chi connectivity index (χ3v) is 3.17. The SMILES string of the molecule is CCOc1ncc(NC(=O)Nc2ccc3ccccc3c2)cn1. The Morgan fingerprint density at radius 3 is 2.43 bits per heavy atom. The second-order valence-electron chi connectivity index (χ2n) is 4.83. The number of fused-ring (bicyclic) bond motifs is 1. The van der Waals surface area contributed by atoms with E-state index in [4.69, 9.17) is 4.74 Å². The van der Waals surface area contributed by atoms with E-state index in [0.717, 1.165) is 10.8 Å². The van der Waals surface area contributed by atoms with Gasteiger partial charge in [0.15, 0.2) is 0 Å². The molecule has 0 aliphatic rings. The number of amides is 2. The molecule has 0 saturated heterocycles. The van der Waals surface area contributed by atoms with Crippen molar-refractivity contribution < 1.29 is 9.53 Å². The van der Waals surface area contributed by atoms with E-state index in [2.05, 4.69) is 20.6 Å². The first-order valence-corrected chi connectivity index (χ1v) is 7.26. The van der Waals surface area contributed by atoms with Crippen molar-refractivity contribution in [1.82, 2.24) is 9.97 Å². The molecule has 6 nitrogen and oxygen atoms in total. The van der Waals surface area contributed by atoms with Crippen molar-refractivity contribution in [3.8, 4) is 6.01 Å². The van der Waals surface area contributed by atoms with Gasteiger partial charge >= 0.3 is 12.0 Å². The molecule has 6 heteroatoms. The van der Waals surface area contributed by atoms with Crippen molar-refractivity contribution >= 4 is 28.2 Å². The zero-order valence-corrected chi connectivity index (χ0v) is 12.6. The highest BCUT2D eigenvalue weighted by atomic mass is 16.5. The van der Waals surface area contributed by atoms with Crippen LogP contribution in [0.15, 0.2) is 54.9 Å². The van der Waals surface area contributed by atoms with Gasteiger partial charge < -0.3 is 15.4 Å². The largest absolute Gasteiger partial charge is 0.464 e. The average Bonchev–Trinajstić information content (AvgIpc) is 2.57. The molecular formula is C17H16N4O2. The highest BCUT2D eigenvalue weighted by Crippen LogP contribution is 2.19. The number of carbonyl (C=O) groups excluding carboxylic acids is 1. The number of aromatic nitrogens is 2. The molecule has 116 valence electrons. The van der Waals surface area contributed by atoms with Gasteiger partial charge in [0.25, 0.3) is 0 Å². The van der Waals surface area contributed by atoms with Crippen LogP contribution in [0, 0.1) is 0 Å². The minimum Gasteiger partial charge on any atom is -0.464 e. The number of rotatable bonds is 4. The molecule has 0 radical (unpaired) electrons. The van der Waals surface area contributed by atoms with Gasteiger partial charge in [0.05, 0.1) is 24.7 Å². The van der Waals surface area contributed by atoms with Crippen LogP contribution in [0.2, 0.25) is 0 Å². The summed E-state index contributed by atoms with van der Waals surface area (Å²) in [5.74, 6) is 0. The molecule has 0 fully saturated rings. The molecule has 0 bridgehead atoms. The van der Waals surface area contributed by atoms with E-state index in [9.17, 15) is 4.79 Å². The molecule has 3 aromatic rings. The lowest BCUT2D eigenvalue weighted by molar-refractivity contribution is 0.262. The Hall–Kier alpha value is -3.15. The highest BCUT2D eigenvalue weighted by molar-refractivity contribution is 6.01. The molecule has 23 heavy (non-hydrogen) atoms. The van der Waals surface area contributed by atoms with Crippen LogP contribution in [0.1, 0.15) is 6.92 Å². The monoisotopic (exact) mass is 308 g/mol. The van der Waals surface area contributed by atoms with E-state index in [1.54, 1.807) is 0 Å². The van der Waals surface area contributed by atoms with Crippen LogP contribution in [0.5, 0.6) is 6.01 Å². The van der Waals surface area contributed by atoms with Crippen molar-refractivity contribution in [2.75, 3.05) is 17.2 Å². The van der Waals surface area contributed by atoms with Gasteiger partial charge in [-0.05, 0) is 29.8 Å². The summed E-state index contributed by atoms with van der Waals surface area (Å²) in [7, 11) is 0. The zero-order chi connectivity index (χ0) is 16.1. The van der Waals surface area contributed by atoms with Crippen molar-refractivity contribution in [2.45, 2.75) is 6.92 Å². The molecule has 2 amide bonds. The lowest BCUT2D eigenvalue weighted by Crippen LogP contribution is -2.19. The second-order valence-corrected chi connectivity index (χ2v) is 4.83. The minimum atomic E-state index is -0.354. The topological polar surface area (TPSA) is 76.1 Å². The Morgan fingerprint density at radius 1 is 1.00 bits per heavy atom. The maximum absolute atomic E-state index is 12.0.